The molecule has 0 saturated heterocycles. The van der Waals surface area contributed by atoms with Gasteiger partial charge >= 0.3 is 0 Å². The number of aromatic nitrogens is 2. The number of Topliss-reactive ketones (excluding diaryl/α,β-unsaturated/α-hetero) is 1. The van der Waals surface area contributed by atoms with Gasteiger partial charge in [0.05, 0.1) is 47.8 Å². The van der Waals surface area contributed by atoms with E-state index in [1.807, 2.05) is 27.1 Å². The van der Waals surface area contributed by atoms with Crippen molar-refractivity contribution in [1.29, 1.82) is 0 Å². The fourth-order valence-electron chi connectivity index (χ4n) is 3.47. The Balaban J connectivity index is 2.01. The van der Waals surface area contributed by atoms with Crippen molar-refractivity contribution in [3.63, 3.8) is 0 Å². The third kappa shape index (κ3) is 3.83. The summed E-state index contributed by atoms with van der Waals surface area (Å²) in [6, 6.07) is 2.94. The van der Waals surface area contributed by atoms with Crippen molar-refractivity contribution < 1.29 is 19.6 Å². The van der Waals surface area contributed by atoms with Crippen LogP contribution in [0.2, 0.25) is 0 Å². The number of hydrogen-bond acceptors (Lipinski definition) is 6. The van der Waals surface area contributed by atoms with Crippen LogP contribution in [0.4, 0.5) is 0 Å². The fraction of sp³-hybridized carbons (Fsp3) is 0.400. The van der Waals surface area contributed by atoms with E-state index in [2.05, 4.69) is 9.97 Å². The van der Waals surface area contributed by atoms with Gasteiger partial charge in [0.15, 0.2) is 5.76 Å². The molecule has 0 spiro atoms. The quantitative estimate of drug-likeness (QED) is 0.682. The topological polar surface area (TPSA) is 87.8 Å². The van der Waals surface area contributed by atoms with Gasteiger partial charge in [-0.3, -0.25) is 14.6 Å². The van der Waals surface area contributed by atoms with Crippen LogP contribution in [0.3, 0.4) is 0 Å². The number of nitrogens with one attached hydrogen (secondary N) is 1. The smallest absolute Gasteiger partial charge is 0.290 e. The molecule has 0 fully saturated rings. The second kappa shape index (κ2) is 8.20. The Hall–Kier alpha value is -2.58. The minimum atomic E-state index is -0.646. The van der Waals surface area contributed by atoms with Gasteiger partial charge in [-0.05, 0) is 25.5 Å². The number of aliphatic hydroxyl groups excluding tert-OH is 1. The molecule has 1 aliphatic rings. The summed E-state index contributed by atoms with van der Waals surface area (Å²) in [4.78, 5) is 37.9. The van der Waals surface area contributed by atoms with Gasteiger partial charge in [-0.2, -0.15) is 0 Å². The molecule has 0 aromatic carbocycles. The first-order valence-electron chi connectivity index (χ1n) is 9.23. The van der Waals surface area contributed by atoms with Crippen LogP contribution in [-0.4, -0.2) is 58.8 Å². The van der Waals surface area contributed by atoms with Crippen LogP contribution < -0.4 is 4.90 Å². The van der Waals surface area contributed by atoms with E-state index in [0.717, 1.165) is 18.0 Å². The van der Waals surface area contributed by atoms with E-state index in [9.17, 15) is 14.7 Å². The number of pyridine rings is 1. The molecule has 2 N–H and O–H groups in total. The zero-order valence-electron chi connectivity index (χ0n) is 16.5. The summed E-state index contributed by atoms with van der Waals surface area (Å²) in [6.07, 6.45) is 4.04. The van der Waals surface area contributed by atoms with Gasteiger partial charge in [-0.15, -0.1) is 11.3 Å². The molecule has 1 atom stereocenters. The lowest BCUT2D eigenvalue weighted by atomic mass is 9.96. The third-order valence-electron chi connectivity index (χ3n) is 4.73. The molecule has 8 heteroatoms. The summed E-state index contributed by atoms with van der Waals surface area (Å²) >= 11 is 1.28. The molecule has 1 aliphatic heterocycles. The molecule has 28 heavy (non-hydrogen) atoms. The van der Waals surface area contributed by atoms with Crippen molar-refractivity contribution >= 4 is 23.0 Å². The highest BCUT2D eigenvalue weighted by molar-refractivity contribution is 7.14. The van der Waals surface area contributed by atoms with E-state index in [1.54, 1.807) is 30.3 Å². The second-order valence-electron chi connectivity index (χ2n) is 7.24. The predicted octanol–water partition coefficient (Wildman–Crippen LogP) is 1.27. The predicted molar refractivity (Wildman–Crippen MR) is 107 cm³/mol. The van der Waals surface area contributed by atoms with Crippen molar-refractivity contribution in [3.05, 3.63) is 57.0 Å². The molecule has 148 valence electrons. The van der Waals surface area contributed by atoms with Gasteiger partial charge in [0.2, 0.25) is 5.78 Å². The SMILES string of the molecule is Cc1nc(C)c(C(=O)C2=C(O)C(=O)N(CCC[NH+](C)C)[C@@H]2c2cccnc2)s1. The second-order valence-corrected chi connectivity index (χ2v) is 8.44. The van der Waals surface area contributed by atoms with Gasteiger partial charge in [0, 0.05) is 25.4 Å². The average molecular weight is 402 g/mol. The Morgan fingerprint density at radius 3 is 2.68 bits per heavy atom. The molecule has 2 aromatic heterocycles. The molecule has 0 bridgehead atoms. The van der Waals surface area contributed by atoms with Gasteiger partial charge in [-0.25, -0.2) is 4.98 Å². The number of rotatable bonds is 7. The first-order chi connectivity index (χ1) is 13.3. The lowest BCUT2D eigenvalue weighted by molar-refractivity contribution is -0.858. The Labute approximate surface area is 168 Å². The molecule has 1 amide bonds. The number of nitrogens with zero attached hydrogens (tertiary/aromatic N) is 3. The first-order valence-corrected chi connectivity index (χ1v) is 10.0. The minimum absolute atomic E-state index is 0.113. The van der Waals surface area contributed by atoms with E-state index in [-0.39, 0.29) is 11.4 Å². The van der Waals surface area contributed by atoms with Crippen molar-refractivity contribution in [1.82, 2.24) is 14.9 Å². The maximum atomic E-state index is 13.3. The van der Waals surface area contributed by atoms with E-state index in [1.165, 1.54) is 16.2 Å². The van der Waals surface area contributed by atoms with Crippen molar-refractivity contribution in [3.8, 4) is 0 Å². The Kier molecular flexibility index (Phi) is 5.90. The largest absolute Gasteiger partial charge is 0.503 e. The monoisotopic (exact) mass is 401 g/mol. The molecule has 7 nitrogen and oxygen atoms in total. The summed E-state index contributed by atoms with van der Waals surface area (Å²) in [5.74, 6) is -1.32. The Morgan fingerprint density at radius 2 is 2.11 bits per heavy atom. The van der Waals surface area contributed by atoms with Crippen LogP contribution >= 0.6 is 11.3 Å². The molecular formula is C20H25N4O3S+. The van der Waals surface area contributed by atoms with Crippen LogP contribution in [0.25, 0.3) is 0 Å². The maximum absolute atomic E-state index is 13.3. The van der Waals surface area contributed by atoms with Crippen LogP contribution in [0.15, 0.2) is 35.9 Å². The van der Waals surface area contributed by atoms with E-state index >= 15 is 0 Å². The van der Waals surface area contributed by atoms with Crippen molar-refractivity contribution in [2.45, 2.75) is 26.3 Å². The van der Waals surface area contributed by atoms with Gasteiger partial charge in [0.25, 0.3) is 5.91 Å². The van der Waals surface area contributed by atoms with Crippen LogP contribution in [0.5, 0.6) is 0 Å². The van der Waals surface area contributed by atoms with Gasteiger partial charge in [0.1, 0.15) is 0 Å². The number of carbonyl (C=O) groups excluding carboxylic acids is 2. The molecule has 0 aliphatic carbocycles. The van der Waals surface area contributed by atoms with E-state index in [4.69, 9.17) is 0 Å². The molecule has 3 rings (SSSR count). The summed E-state index contributed by atoms with van der Waals surface area (Å²) in [5, 5.41) is 11.4. The van der Waals surface area contributed by atoms with Crippen molar-refractivity contribution in [2.75, 3.05) is 27.2 Å². The number of hydrogen-bond donors (Lipinski definition) is 2. The number of thiazole rings is 1. The fourth-order valence-corrected chi connectivity index (χ4v) is 4.34. The Morgan fingerprint density at radius 1 is 1.36 bits per heavy atom. The highest BCUT2D eigenvalue weighted by Gasteiger charge is 2.44. The summed E-state index contributed by atoms with van der Waals surface area (Å²) in [6.45, 7) is 4.92. The van der Waals surface area contributed by atoms with Crippen LogP contribution in [-0.2, 0) is 4.79 Å². The molecular weight excluding hydrogens is 376 g/mol. The third-order valence-corrected chi connectivity index (χ3v) is 5.81. The number of carbonyl (C=O) groups is 2. The van der Waals surface area contributed by atoms with Crippen molar-refractivity contribution in [2.24, 2.45) is 0 Å². The molecule has 2 aromatic rings. The summed E-state index contributed by atoms with van der Waals surface area (Å²) in [7, 11) is 4.09. The van der Waals surface area contributed by atoms with Gasteiger partial charge in [-0.1, -0.05) is 6.07 Å². The molecule has 0 saturated carbocycles. The average Bonchev–Trinajstić information content (AvgIpc) is 3.12. The van der Waals surface area contributed by atoms with E-state index < -0.39 is 17.7 Å². The number of amides is 1. The zero-order valence-corrected chi connectivity index (χ0v) is 17.3. The van der Waals surface area contributed by atoms with E-state index in [0.29, 0.717) is 22.7 Å². The first kappa shape index (κ1) is 20.2. The molecule has 0 radical (unpaired) electrons. The Bertz CT molecular complexity index is 921. The normalized spacial score (nSPS) is 17.1. The number of quaternary nitrogens is 1. The maximum Gasteiger partial charge on any atom is 0.290 e. The number of aliphatic hydroxyl groups is 1. The molecule has 3 heterocycles. The van der Waals surface area contributed by atoms with Crippen LogP contribution in [0, 0.1) is 13.8 Å². The van der Waals surface area contributed by atoms with Crippen LogP contribution in [0.1, 0.15) is 38.4 Å². The molecule has 0 unspecified atom stereocenters. The number of ketones is 1. The highest BCUT2D eigenvalue weighted by Crippen LogP contribution is 2.39. The lowest BCUT2D eigenvalue weighted by Crippen LogP contribution is -3.05. The number of aryl methyl sites for hydroxylation is 2. The van der Waals surface area contributed by atoms with Gasteiger partial charge < -0.3 is 14.9 Å². The zero-order chi connectivity index (χ0) is 20.4. The summed E-state index contributed by atoms with van der Waals surface area (Å²) in [5.41, 5.74) is 1.43. The standard InChI is InChI=1S/C20H24N4O3S/c1-12-19(28-13(2)22-12)17(25)15-16(14-7-5-8-21-11-14)24(20(27)18(15)26)10-6-9-23(3)4/h5,7-8,11,16,26H,6,9-10H2,1-4H3/p+1/t16-/m1/s1. The minimum Gasteiger partial charge on any atom is -0.503 e. The summed E-state index contributed by atoms with van der Waals surface area (Å²) < 4.78 is 0. The highest BCUT2D eigenvalue weighted by atomic mass is 32.1. The lowest BCUT2D eigenvalue weighted by Gasteiger charge is -2.26.